The zero-order chi connectivity index (χ0) is 11.8. The quantitative estimate of drug-likeness (QED) is 0.556. The molecule has 86 valence electrons. The van der Waals surface area contributed by atoms with Crippen LogP contribution in [-0.4, -0.2) is 12.6 Å². The SMILES string of the molecule is CC=Cc1ccc(C(=O)OCCCC)cc1. The van der Waals surface area contributed by atoms with Crippen LogP contribution in [0.4, 0.5) is 0 Å². The van der Waals surface area contributed by atoms with Crippen LogP contribution in [0.3, 0.4) is 0 Å². The molecular weight excluding hydrogens is 200 g/mol. The van der Waals surface area contributed by atoms with E-state index >= 15 is 0 Å². The van der Waals surface area contributed by atoms with Crippen molar-refractivity contribution in [3.8, 4) is 0 Å². The molecule has 1 aromatic rings. The van der Waals surface area contributed by atoms with Crippen LogP contribution in [0.15, 0.2) is 30.3 Å². The largest absolute Gasteiger partial charge is 0.462 e. The van der Waals surface area contributed by atoms with E-state index < -0.39 is 0 Å². The van der Waals surface area contributed by atoms with Gasteiger partial charge in [-0.05, 0) is 31.0 Å². The van der Waals surface area contributed by atoms with E-state index in [9.17, 15) is 4.79 Å². The standard InChI is InChI=1S/C14H18O2/c1-3-5-11-16-14(15)13-9-7-12(6-4-2)8-10-13/h4,6-10H,3,5,11H2,1-2H3. The van der Waals surface area contributed by atoms with Gasteiger partial charge in [0, 0.05) is 0 Å². The van der Waals surface area contributed by atoms with Gasteiger partial charge in [-0.25, -0.2) is 4.79 Å². The van der Waals surface area contributed by atoms with Crippen LogP contribution in [-0.2, 0) is 4.74 Å². The molecule has 0 unspecified atom stereocenters. The van der Waals surface area contributed by atoms with E-state index in [4.69, 9.17) is 4.74 Å². The molecule has 0 aliphatic carbocycles. The monoisotopic (exact) mass is 218 g/mol. The number of carbonyl (C=O) groups excluding carboxylic acids is 1. The summed E-state index contributed by atoms with van der Waals surface area (Å²) in [5, 5.41) is 0. The Labute approximate surface area is 96.9 Å². The van der Waals surface area contributed by atoms with E-state index in [-0.39, 0.29) is 5.97 Å². The highest BCUT2D eigenvalue weighted by molar-refractivity contribution is 5.89. The van der Waals surface area contributed by atoms with Gasteiger partial charge in [0.1, 0.15) is 0 Å². The molecule has 0 radical (unpaired) electrons. The average molecular weight is 218 g/mol. The van der Waals surface area contributed by atoms with Gasteiger partial charge in [0.2, 0.25) is 0 Å². The van der Waals surface area contributed by atoms with Crippen LogP contribution in [0.25, 0.3) is 6.08 Å². The van der Waals surface area contributed by atoms with Crippen molar-refractivity contribution in [3.63, 3.8) is 0 Å². The lowest BCUT2D eigenvalue weighted by Crippen LogP contribution is -2.05. The predicted octanol–water partition coefficient (Wildman–Crippen LogP) is 3.68. The van der Waals surface area contributed by atoms with Gasteiger partial charge in [-0.2, -0.15) is 0 Å². The minimum Gasteiger partial charge on any atom is -0.462 e. The zero-order valence-electron chi connectivity index (χ0n) is 9.90. The van der Waals surface area contributed by atoms with Gasteiger partial charge >= 0.3 is 5.97 Å². The smallest absolute Gasteiger partial charge is 0.338 e. The second kappa shape index (κ2) is 6.83. The first-order valence-corrected chi connectivity index (χ1v) is 5.67. The molecule has 1 aromatic carbocycles. The summed E-state index contributed by atoms with van der Waals surface area (Å²) in [6.45, 7) is 4.54. The van der Waals surface area contributed by atoms with Crippen LogP contribution >= 0.6 is 0 Å². The van der Waals surface area contributed by atoms with Gasteiger partial charge in [0.25, 0.3) is 0 Å². The number of hydrogen-bond donors (Lipinski definition) is 0. The predicted molar refractivity (Wildman–Crippen MR) is 66.3 cm³/mol. The fourth-order valence-corrected chi connectivity index (χ4v) is 1.32. The van der Waals surface area contributed by atoms with Crippen molar-refractivity contribution in [1.82, 2.24) is 0 Å². The molecule has 0 aliphatic heterocycles. The number of hydrogen-bond acceptors (Lipinski definition) is 2. The van der Waals surface area contributed by atoms with Gasteiger partial charge in [-0.3, -0.25) is 0 Å². The second-order valence-electron chi connectivity index (χ2n) is 3.61. The maximum absolute atomic E-state index is 11.5. The van der Waals surface area contributed by atoms with Gasteiger partial charge in [0.05, 0.1) is 12.2 Å². The van der Waals surface area contributed by atoms with Crippen molar-refractivity contribution < 1.29 is 9.53 Å². The summed E-state index contributed by atoms with van der Waals surface area (Å²) in [5.41, 5.74) is 1.71. The van der Waals surface area contributed by atoms with Gasteiger partial charge in [-0.1, -0.05) is 37.6 Å². The van der Waals surface area contributed by atoms with Crippen molar-refractivity contribution in [1.29, 1.82) is 0 Å². The Hall–Kier alpha value is -1.57. The van der Waals surface area contributed by atoms with Crippen LogP contribution in [0, 0.1) is 0 Å². The fraction of sp³-hybridized carbons (Fsp3) is 0.357. The van der Waals surface area contributed by atoms with Crippen LogP contribution in [0.5, 0.6) is 0 Å². The highest BCUT2D eigenvalue weighted by Gasteiger charge is 2.05. The lowest BCUT2D eigenvalue weighted by molar-refractivity contribution is 0.0500. The van der Waals surface area contributed by atoms with Crippen LogP contribution in [0.2, 0.25) is 0 Å². The van der Waals surface area contributed by atoms with Crippen molar-refractivity contribution in [2.24, 2.45) is 0 Å². The van der Waals surface area contributed by atoms with E-state index in [2.05, 4.69) is 6.92 Å². The third kappa shape index (κ3) is 3.89. The van der Waals surface area contributed by atoms with Crippen molar-refractivity contribution in [3.05, 3.63) is 41.5 Å². The maximum atomic E-state index is 11.5. The Bertz CT molecular complexity index is 350. The van der Waals surface area contributed by atoms with E-state index in [0.717, 1.165) is 18.4 Å². The van der Waals surface area contributed by atoms with Gasteiger partial charge in [-0.15, -0.1) is 0 Å². The summed E-state index contributed by atoms with van der Waals surface area (Å²) >= 11 is 0. The van der Waals surface area contributed by atoms with Gasteiger partial charge in [0.15, 0.2) is 0 Å². The molecule has 16 heavy (non-hydrogen) atoms. The van der Waals surface area contributed by atoms with E-state index in [1.54, 1.807) is 12.1 Å². The maximum Gasteiger partial charge on any atom is 0.338 e. The number of rotatable bonds is 5. The van der Waals surface area contributed by atoms with Crippen molar-refractivity contribution in [2.45, 2.75) is 26.7 Å². The molecule has 0 amide bonds. The topological polar surface area (TPSA) is 26.3 Å². The molecule has 0 saturated carbocycles. The molecular formula is C14H18O2. The Balaban J connectivity index is 2.56. The lowest BCUT2D eigenvalue weighted by atomic mass is 10.1. The number of carbonyl (C=O) groups is 1. The van der Waals surface area contributed by atoms with Crippen molar-refractivity contribution in [2.75, 3.05) is 6.61 Å². The molecule has 0 heterocycles. The molecule has 0 saturated heterocycles. The normalized spacial score (nSPS) is 10.6. The molecule has 0 fully saturated rings. The molecule has 0 atom stereocenters. The lowest BCUT2D eigenvalue weighted by Gasteiger charge is -2.03. The summed E-state index contributed by atoms with van der Waals surface area (Å²) in [5.74, 6) is -0.236. The minimum atomic E-state index is -0.236. The molecule has 2 heteroatoms. The molecule has 0 N–H and O–H groups in total. The highest BCUT2D eigenvalue weighted by Crippen LogP contribution is 2.07. The summed E-state index contributed by atoms with van der Waals surface area (Å²) in [6.07, 6.45) is 5.91. The van der Waals surface area contributed by atoms with Crippen molar-refractivity contribution >= 4 is 12.0 Å². The number of ether oxygens (including phenoxy) is 1. The number of esters is 1. The molecule has 2 nitrogen and oxygen atoms in total. The first-order valence-electron chi connectivity index (χ1n) is 5.67. The van der Waals surface area contributed by atoms with E-state index in [1.165, 1.54) is 0 Å². The summed E-state index contributed by atoms with van der Waals surface area (Å²) in [6, 6.07) is 7.42. The molecule has 1 rings (SSSR count). The third-order valence-electron chi connectivity index (χ3n) is 2.24. The Morgan fingerprint density at radius 1 is 1.31 bits per heavy atom. The molecule has 0 spiro atoms. The summed E-state index contributed by atoms with van der Waals surface area (Å²) in [4.78, 5) is 11.5. The number of benzene rings is 1. The zero-order valence-corrected chi connectivity index (χ0v) is 9.90. The number of allylic oxidation sites excluding steroid dienone is 1. The van der Waals surface area contributed by atoms with E-state index in [0.29, 0.717) is 12.2 Å². The molecule has 0 bridgehead atoms. The van der Waals surface area contributed by atoms with Gasteiger partial charge < -0.3 is 4.74 Å². The Morgan fingerprint density at radius 2 is 2.00 bits per heavy atom. The molecule has 0 aliphatic rings. The van der Waals surface area contributed by atoms with E-state index in [1.807, 2.05) is 31.2 Å². The summed E-state index contributed by atoms with van der Waals surface area (Å²) in [7, 11) is 0. The van der Waals surface area contributed by atoms with Crippen LogP contribution < -0.4 is 0 Å². The Kier molecular flexibility index (Phi) is 5.34. The first kappa shape index (κ1) is 12.5. The Morgan fingerprint density at radius 3 is 2.56 bits per heavy atom. The summed E-state index contributed by atoms with van der Waals surface area (Å²) < 4.78 is 5.11. The fourth-order valence-electron chi connectivity index (χ4n) is 1.32. The third-order valence-corrected chi connectivity index (χ3v) is 2.24. The average Bonchev–Trinajstić information content (AvgIpc) is 2.30. The second-order valence-corrected chi connectivity index (χ2v) is 3.61. The van der Waals surface area contributed by atoms with Crippen LogP contribution in [0.1, 0.15) is 42.6 Å². The minimum absolute atomic E-state index is 0.236. The molecule has 0 aromatic heterocycles. The first-order chi connectivity index (χ1) is 7.77. The number of unbranched alkanes of at least 4 members (excludes halogenated alkanes) is 1. The highest BCUT2D eigenvalue weighted by atomic mass is 16.5.